The summed E-state index contributed by atoms with van der Waals surface area (Å²) in [7, 11) is 0. The summed E-state index contributed by atoms with van der Waals surface area (Å²) >= 11 is 0. The number of furan rings is 1. The maximum Gasteiger partial charge on any atom is 0.416 e. The van der Waals surface area contributed by atoms with E-state index in [1.807, 2.05) is 11.8 Å². The van der Waals surface area contributed by atoms with Gasteiger partial charge < -0.3 is 14.6 Å². The SMILES string of the molecule is CCCN1C(=O)C(CC2CCCCC2)NC(=O)C12CCN(Cc1ccc(-c3cc(C(F)(F)F)cc(C(F)(F)F)c3)o1)CC2. The number of alkyl halides is 6. The number of benzene rings is 1. The normalized spacial score (nSPS) is 22.3. The number of likely N-dealkylation sites (tertiary alicyclic amines) is 1. The zero-order chi connectivity index (χ0) is 31.0. The van der Waals surface area contributed by atoms with Crippen LogP contribution in [-0.4, -0.2) is 52.8 Å². The Kier molecular flexibility index (Phi) is 8.89. The Morgan fingerprint density at radius 3 is 2.14 bits per heavy atom. The van der Waals surface area contributed by atoms with Crippen LogP contribution in [0.2, 0.25) is 0 Å². The number of hydrogen-bond donors (Lipinski definition) is 1. The van der Waals surface area contributed by atoms with E-state index in [1.165, 1.54) is 18.6 Å². The van der Waals surface area contributed by atoms with E-state index < -0.39 is 35.1 Å². The van der Waals surface area contributed by atoms with E-state index in [0.29, 0.717) is 62.7 Å². The average Bonchev–Trinajstić information content (AvgIpc) is 3.43. The van der Waals surface area contributed by atoms with Gasteiger partial charge in [0.2, 0.25) is 11.8 Å². The van der Waals surface area contributed by atoms with Crippen molar-refractivity contribution in [2.75, 3.05) is 19.6 Å². The highest BCUT2D eigenvalue weighted by atomic mass is 19.4. The summed E-state index contributed by atoms with van der Waals surface area (Å²) < 4.78 is 85.6. The van der Waals surface area contributed by atoms with Crippen molar-refractivity contribution in [3.05, 3.63) is 47.2 Å². The van der Waals surface area contributed by atoms with Crippen molar-refractivity contribution in [1.29, 1.82) is 0 Å². The molecule has 2 amide bonds. The standard InChI is InChI=1S/C31H37F6N3O3/c1-2-12-40-27(41)25(15-20-6-4-3-5-7-20)38-28(42)29(40)10-13-39(14-11-29)19-24-8-9-26(43-24)21-16-22(30(32,33)34)18-23(17-21)31(35,36)37/h8-9,16-18,20,25H,2-7,10-15,19H2,1H3,(H,38,42). The molecule has 1 aromatic carbocycles. The van der Waals surface area contributed by atoms with Crippen LogP contribution in [0.3, 0.4) is 0 Å². The molecule has 3 heterocycles. The number of carbonyl (C=O) groups excluding carboxylic acids is 2. The molecule has 1 N–H and O–H groups in total. The molecular weight excluding hydrogens is 576 g/mol. The Morgan fingerprint density at radius 2 is 1.56 bits per heavy atom. The molecule has 6 nitrogen and oxygen atoms in total. The summed E-state index contributed by atoms with van der Waals surface area (Å²) in [5.74, 6) is 0.577. The van der Waals surface area contributed by atoms with Crippen LogP contribution in [0, 0.1) is 5.92 Å². The molecule has 3 aliphatic rings. The number of nitrogens with one attached hydrogen (secondary N) is 1. The molecule has 43 heavy (non-hydrogen) atoms. The van der Waals surface area contributed by atoms with Crippen LogP contribution in [-0.2, 0) is 28.5 Å². The summed E-state index contributed by atoms with van der Waals surface area (Å²) in [5.41, 5.74) is -4.07. The summed E-state index contributed by atoms with van der Waals surface area (Å²) in [6.07, 6.45) is -2.00. The second-order valence-corrected chi connectivity index (χ2v) is 12.1. The summed E-state index contributed by atoms with van der Waals surface area (Å²) in [6, 6.07) is 3.77. The molecule has 1 spiro atoms. The summed E-state index contributed by atoms with van der Waals surface area (Å²) in [4.78, 5) is 31.0. The van der Waals surface area contributed by atoms with Gasteiger partial charge in [-0.15, -0.1) is 0 Å². The van der Waals surface area contributed by atoms with Crippen LogP contribution in [0.15, 0.2) is 34.7 Å². The van der Waals surface area contributed by atoms with Gasteiger partial charge in [0.05, 0.1) is 17.7 Å². The number of amides is 2. The molecule has 2 aliphatic heterocycles. The molecule has 1 aliphatic carbocycles. The molecule has 3 fully saturated rings. The van der Waals surface area contributed by atoms with E-state index in [1.54, 1.807) is 4.90 Å². The lowest BCUT2D eigenvalue weighted by molar-refractivity contribution is -0.162. The van der Waals surface area contributed by atoms with Gasteiger partial charge in [-0.25, -0.2) is 0 Å². The maximum atomic E-state index is 13.6. The number of carbonyl (C=O) groups is 2. The molecule has 2 saturated heterocycles. The van der Waals surface area contributed by atoms with E-state index >= 15 is 0 Å². The van der Waals surface area contributed by atoms with Crippen molar-refractivity contribution < 1.29 is 40.3 Å². The molecule has 5 rings (SSSR count). The fraction of sp³-hybridized carbons (Fsp3) is 0.613. The minimum absolute atomic E-state index is 0.0181. The number of hydrogen-bond acceptors (Lipinski definition) is 4. The largest absolute Gasteiger partial charge is 0.460 e. The van der Waals surface area contributed by atoms with E-state index in [0.717, 1.165) is 32.1 Å². The Labute approximate surface area is 246 Å². The highest BCUT2D eigenvalue weighted by molar-refractivity contribution is 6.00. The van der Waals surface area contributed by atoms with Crippen LogP contribution in [0.5, 0.6) is 0 Å². The smallest absolute Gasteiger partial charge is 0.416 e. The first-order valence-electron chi connectivity index (χ1n) is 15.0. The molecule has 0 bridgehead atoms. The first kappa shape index (κ1) is 31.4. The second kappa shape index (κ2) is 12.2. The number of halogens is 6. The molecule has 236 valence electrons. The lowest BCUT2D eigenvalue weighted by Gasteiger charge is -2.52. The fourth-order valence-corrected chi connectivity index (χ4v) is 6.85. The first-order valence-corrected chi connectivity index (χ1v) is 15.0. The zero-order valence-corrected chi connectivity index (χ0v) is 24.1. The van der Waals surface area contributed by atoms with E-state index in [9.17, 15) is 35.9 Å². The molecule has 2 aromatic rings. The van der Waals surface area contributed by atoms with Gasteiger partial charge in [-0.05, 0) is 61.9 Å². The molecular formula is C31H37F6N3O3. The first-order chi connectivity index (χ1) is 20.3. The lowest BCUT2D eigenvalue weighted by atomic mass is 9.79. The van der Waals surface area contributed by atoms with Crippen LogP contribution in [0.1, 0.15) is 81.6 Å². The molecule has 12 heteroatoms. The highest BCUT2D eigenvalue weighted by Gasteiger charge is 2.53. The molecule has 1 atom stereocenters. The number of piperidine rings is 1. The lowest BCUT2D eigenvalue weighted by Crippen LogP contribution is -2.73. The van der Waals surface area contributed by atoms with Gasteiger partial charge >= 0.3 is 12.4 Å². The Hall–Kier alpha value is -3.02. The van der Waals surface area contributed by atoms with Crippen molar-refractivity contribution in [3.8, 4) is 11.3 Å². The highest BCUT2D eigenvalue weighted by Crippen LogP contribution is 2.40. The van der Waals surface area contributed by atoms with Crippen molar-refractivity contribution in [3.63, 3.8) is 0 Å². The quantitative estimate of drug-likeness (QED) is 0.341. The molecule has 0 radical (unpaired) electrons. The van der Waals surface area contributed by atoms with Crippen LogP contribution in [0.25, 0.3) is 11.3 Å². The van der Waals surface area contributed by atoms with Gasteiger partial charge in [0.15, 0.2) is 0 Å². The van der Waals surface area contributed by atoms with Crippen LogP contribution < -0.4 is 5.32 Å². The third kappa shape index (κ3) is 6.73. The average molecular weight is 614 g/mol. The van der Waals surface area contributed by atoms with Crippen LogP contribution in [0.4, 0.5) is 26.3 Å². The maximum absolute atomic E-state index is 13.6. The Balaban J connectivity index is 1.26. The number of rotatable bonds is 7. The van der Waals surface area contributed by atoms with Gasteiger partial charge in [-0.1, -0.05) is 39.0 Å². The number of piperazine rings is 1. The second-order valence-electron chi connectivity index (χ2n) is 12.1. The zero-order valence-electron chi connectivity index (χ0n) is 24.1. The van der Waals surface area contributed by atoms with Gasteiger partial charge in [-0.2, -0.15) is 26.3 Å². The topological polar surface area (TPSA) is 65.8 Å². The number of nitrogens with zero attached hydrogens (tertiary/aromatic N) is 2. The van der Waals surface area contributed by atoms with E-state index in [4.69, 9.17) is 4.42 Å². The van der Waals surface area contributed by atoms with E-state index in [2.05, 4.69) is 5.32 Å². The molecule has 1 unspecified atom stereocenters. The van der Waals surface area contributed by atoms with Crippen LogP contribution >= 0.6 is 0 Å². The molecule has 1 aromatic heterocycles. The van der Waals surface area contributed by atoms with Crippen molar-refractivity contribution in [2.45, 2.75) is 95.2 Å². The summed E-state index contributed by atoms with van der Waals surface area (Å²) in [5, 5.41) is 3.05. The monoisotopic (exact) mass is 613 g/mol. The predicted molar refractivity (Wildman–Crippen MR) is 147 cm³/mol. The van der Waals surface area contributed by atoms with Gasteiger partial charge in [0.1, 0.15) is 23.1 Å². The third-order valence-corrected chi connectivity index (χ3v) is 9.15. The Morgan fingerprint density at radius 1 is 0.930 bits per heavy atom. The summed E-state index contributed by atoms with van der Waals surface area (Å²) in [6.45, 7) is 3.66. The molecule has 1 saturated carbocycles. The van der Waals surface area contributed by atoms with Crippen molar-refractivity contribution in [2.24, 2.45) is 5.92 Å². The van der Waals surface area contributed by atoms with E-state index in [-0.39, 0.29) is 35.7 Å². The predicted octanol–water partition coefficient (Wildman–Crippen LogP) is 7.03. The Bertz CT molecular complexity index is 1270. The minimum atomic E-state index is -4.95. The fourth-order valence-electron chi connectivity index (χ4n) is 6.85. The van der Waals surface area contributed by atoms with Gasteiger partial charge in [0.25, 0.3) is 0 Å². The minimum Gasteiger partial charge on any atom is -0.460 e. The van der Waals surface area contributed by atoms with Crippen molar-refractivity contribution >= 4 is 11.8 Å². The third-order valence-electron chi connectivity index (χ3n) is 9.15. The van der Waals surface area contributed by atoms with Gasteiger partial charge in [-0.3, -0.25) is 14.5 Å². The van der Waals surface area contributed by atoms with Crippen molar-refractivity contribution in [1.82, 2.24) is 15.1 Å². The van der Waals surface area contributed by atoms with Gasteiger partial charge in [0, 0.05) is 25.2 Å².